The molecule has 1 aliphatic rings. The van der Waals surface area contributed by atoms with Gasteiger partial charge in [0, 0.05) is 18.1 Å². The number of carboxylic acid groups (broad SMARTS) is 1. The molecule has 0 bridgehead atoms. The van der Waals surface area contributed by atoms with Crippen LogP contribution in [0.2, 0.25) is 0 Å². The molecule has 0 aliphatic heterocycles. The van der Waals surface area contributed by atoms with Crippen LogP contribution in [0, 0.1) is 5.92 Å². The number of aliphatic carboxylic acids is 1. The molecule has 1 fully saturated rings. The Kier molecular flexibility index (Phi) is 5.20. The maximum atomic E-state index is 12.2. The van der Waals surface area contributed by atoms with E-state index in [1.165, 1.54) is 0 Å². The zero-order valence-corrected chi connectivity index (χ0v) is 12.4. The molecule has 0 heterocycles. The van der Waals surface area contributed by atoms with Gasteiger partial charge in [-0.25, -0.2) is 4.79 Å². The lowest BCUT2D eigenvalue weighted by molar-refractivity contribution is -0.137. The first-order valence-electron chi connectivity index (χ1n) is 7.05. The largest absolute Gasteiger partial charge is 0.481 e. The Hall–Kier alpha value is -1.26. The number of urea groups is 1. The van der Waals surface area contributed by atoms with Gasteiger partial charge >= 0.3 is 12.0 Å². The van der Waals surface area contributed by atoms with Crippen LogP contribution in [0.3, 0.4) is 0 Å². The summed E-state index contributed by atoms with van der Waals surface area (Å²) in [5.74, 6) is -0.271. The summed E-state index contributed by atoms with van der Waals surface area (Å²) >= 11 is 0. The maximum absolute atomic E-state index is 12.2. The molecular weight excluding hydrogens is 244 g/mol. The van der Waals surface area contributed by atoms with Gasteiger partial charge in [-0.2, -0.15) is 0 Å². The van der Waals surface area contributed by atoms with Crippen LogP contribution in [0.1, 0.15) is 53.4 Å². The minimum Gasteiger partial charge on any atom is -0.481 e. The van der Waals surface area contributed by atoms with E-state index in [9.17, 15) is 9.59 Å². The summed E-state index contributed by atoms with van der Waals surface area (Å²) in [7, 11) is 0. The molecule has 1 saturated carbocycles. The minimum absolute atomic E-state index is 0.0201. The topological polar surface area (TPSA) is 69.6 Å². The fraction of sp³-hybridized carbons (Fsp3) is 0.857. The molecule has 0 aromatic heterocycles. The average Bonchev–Trinajstić information content (AvgIpc) is 2.94. The Labute approximate surface area is 115 Å². The summed E-state index contributed by atoms with van der Waals surface area (Å²) in [5, 5.41) is 11.8. The smallest absolute Gasteiger partial charge is 0.318 e. The third kappa shape index (κ3) is 5.09. The fourth-order valence-electron chi connectivity index (χ4n) is 2.30. The van der Waals surface area contributed by atoms with E-state index < -0.39 is 5.97 Å². The highest BCUT2D eigenvalue weighted by molar-refractivity contribution is 5.76. The van der Waals surface area contributed by atoms with Crippen LogP contribution in [0.25, 0.3) is 0 Å². The number of carboxylic acids is 1. The zero-order valence-electron chi connectivity index (χ0n) is 12.4. The van der Waals surface area contributed by atoms with Crippen molar-refractivity contribution in [2.45, 2.75) is 65.0 Å². The summed E-state index contributed by atoms with van der Waals surface area (Å²) in [6.07, 6.45) is 3.32. The third-order valence-electron chi connectivity index (χ3n) is 3.50. The lowest BCUT2D eigenvalue weighted by Crippen LogP contribution is -2.51. The van der Waals surface area contributed by atoms with E-state index >= 15 is 0 Å². The summed E-state index contributed by atoms with van der Waals surface area (Å²) in [6.45, 7) is 8.15. The predicted octanol–water partition coefficient (Wildman–Crippen LogP) is 2.46. The van der Waals surface area contributed by atoms with E-state index in [0.29, 0.717) is 5.92 Å². The number of carbonyl (C=O) groups is 2. The molecular formula is C14H26N2O3. The van der Waals surface area contributed by atoms with Crippen LogP contribution in [-0.4, -0.2) is 40.1 Å². The molecule has 0 aromatic rings. The van der Waals surface area contributed by atoms with E-state index in [2.05, 4.69) is 12.2 Å². The number of nitrogens with zero attached hydrogens (tertiary/aromatic N) is 1. The van der Waals surface area contributed by atoms with Crippen molar-refractivity contribution in [2.24, 2.45) is 5.92 Å². The van der Waals surface area contributed by atoms with Crippen LogP contribution < -0.4 is 5.32 Å². The Bertz CT molecular complexity index is 336. The third-order valence-corrected chi connectivity index (χ3v) is 3.50. The molecule has 0 saturated heterocycles. The lowest BCUT2D eigenvalue weighted by atomic mass is 10.1. The molecule has 0 spiro atoms. The van der Waals surface area contributed by atoms with Crippen molar-refractivity contribution in [1.29, 1.82) is 0 Å². The van der Waals surface area contributed by atoms with Gasteiger partial charge in [-0.15, -0.1) is 0 Å². The SMILES string of the molecule is CCCC1CC1NC(=O)N(CCC(=O)O)C(C)(C)C. The molecule has 19 heavy (non-hydrogen) atoms. The van der Waals surface area contributed by atoms with Gasteiger partial charge in [0.05, 0.1) is 6.42 Å². The summed E-state index contributed by atoms with van der Waals surface area (Å²) in [5.41, 5.74) is -0.366. The van der Waals surface area contributed by atoms with Crippen LogP contribution in [0.15, 0.2) is 0 Å². The zero-order chi connectivity index (χ0) is 14.6. The van der Waals surface area contributed by atoms with Crippen molar-refractivity contribution < 1.29 is 14.7 Å². The molecule has 5 nitrogen and oxygen atoms in total. The van der Waals surface area contributed by atoms with Crippen molar-refractivity contribution in [3.8, 4) is 0 Å². The van der Waals surface area contributed by atoms with Gasteiger partial charge in [-0.1, -0.05) is 13.3 Å². The normalized spacial score (nSPS) is 21.9. The number of hydrogen-bond acceptors (Lipinski definition) is 2. The highest BCUT2D eigenvalue weighted by atomic mass is 16.4. The monoisotopic (exact) mass is 270 g/mol. The van der Waals surface area contributed by atoms with Gasteiger partial charge in [0.1, 0.15) is 0 Å². The Morgan fingerprint density at radius 3 is 2.47 bits per heavy atom. The number of rotatable bonds is 6. The number of carbonyl (C=O) groups excluding carboxylic acids is 1. The summed E-state index contributed by atoms with van der Waals surface area (Å²) in [4.78, 5) is 24.5. The Morgan fingerprint density at radius 1 is 1.37 bits per heavy atom. The van der Waals surface area contributed by atoms with Crippen LogP contribution in [0.4, 0.5) is 4.79 Å². The minimum atomic E-state index is -0.877. The second kappa shape index (κ2) is 6.26. The van der Waals surface area contributed by atoms with Crippen LogP contribution in [-0.2, 0) is 4.79 Å². The highest BCUT2D eigenvalue weighted by Gasteiger charge is 2.39. The van der Waals surface area contributed by atoms with E-state index in [4.69, 9.17) is 5.11 Å². The number of amides is 2. The van der Waals surface area contributed by atoms with Crippen molar-refractivity contribution in [1.82, 2.24) is 10.2 Å². The quantitative estimate of drug-likeness (QED) is 0.779. The number of hydrogen-bond donors (Lipinski definition) is 2. The van der Waals surface area contributed by atoms with Crippen LogP contribution >= 0.6 is 0 Å². The highest BCUT2D eigenvalue weighted by Crippen LogP contribution is 2.34. The van der Waals surface area contributed by atoms with E-state index in [-0.39, 0.29) is 30.6 Å². The van der Waals surface area contributed by atoms with Crippen molar-refractivity contribution in [2.75, 3.05) is 6.54 Å². The first kappa shape index (κ1) is 15.8. The van der Waals surface area contributed by atoms with Gasteiger partial charge in [0.25, 0.3) is 0 Å². The second-order valence-corrected chi connectivity index (χ2v) is 6.31. The molecule has 2 unspecified atom stereocenters. The molecule has 0 radical (unpaired) electrons. The molecule has 1 aliphatic carbocycles. The second-order valence-electron chi connectivity index (χ2n) is 6.31. The van der Waals surface area contributed by atoms with E-state index in [1.54, 1.807) is 4.90 Å². The van der Waals surface area contributed by atoms with Gasteiger partial charge < -0.3 is 15.3 Å². The lowest BCUT2D eigenvalue weighted by Gasteiger charge is -2.35. The van der Waals surface area contributed by atoms with Gasteiger partial charge in [0.15, 0.2) is 0 Å². The Balaban J connectivity index is 2.50. The van der Waals surface area contributed by atoms with Crippen molar-refractivity contribution in [3.63, 3.8) is 0 Å². The molecule has 2 atom stereocenters. The summed E-state index contributed by atoms with van der Waals surface area (Å²) < 4.78 is 0. The first-order valence-corrected chi connectivity index (χ1v) is 7.05. The number of nitrogens with one attached hydrogen (secondary N) is 1. The molecule has 2 amide bonds. The molecule has 2 N–H and O–H groups in total. The molecule has 110 valence electrons. The predicted molar refractivity (Wildman–Crippen MR) is 74.0 cm³/mol. The maximum Gasteiger partial charge on any atom is 0.318 e. The van der Waals surface area contributed by atoms with Crippen molar-refractivity contribution >= 4 is 12.0 Å². The van der Waals surface area contributed by atoms with Crippen molar-refractivity contribution in [3.05, 3.63) is 0 Å². The van der Waals surface area contributed by atoms with E-state index in [0.717, 1.165) is 19.3 Å². The standard InChI is InChI=1S/C14H26N2O3/c1-5-6-10-9-11(10)15-13(19)16(14(2,3)4)8-7-12(17)18/h10-11H,5-9H2,1-4H3,(H,15,19)(H,17,18). The van der Waals surface area contributed by atoms with Gasteiger partial charge in [-0.05, 0) is 39.5 Å². The molecule has 0 aromatic carbocycles. The molecule has 1 rings (SSSR count). The van der Waals surface area contributed by atoms with Gasteiger partial charge in [0.2, 0.25) is 0 Å². The first-order chi connectivity index (χ1) is 8.75. The van der Waals surface area contributed by atoms with E-state index in [1.807, 2.05) is 20.8 Å². The van der Waals surface area contributed by atoms with Gasteiger partial charge in [-0.3, -0.25) is 4.79 Å². The summed E-state index contributed by atoms with van der Waals surface area (Å²) in [6, 6.07) is 0.138. The molecule has 5 heteroatoms. The fourth-order valence-corrected chi connectivity index (χ4v) is 2.30. The Morgan fingerprint density at radius 2 is 2.00 bits per heavy atom. The van der Waals surface area contributed by atoms with Crippen LogP contribution in [0.5, 0.6) is 0 Å². The average molecular weight is 270 g/mol.